The SMILES string of the molecule is C=C/C(O)=C\C.C=CC.CC.CC.CC(c1ccccc1)C(C)(C)C. The van der Waals surface area contributed by atoms with Crippen LogP contribution in [-0.4, -0.2) is 5.11 Å². The Labute approximate surface area is 159 Å². The molecule has 1 rings (SSSR count). The summed E-state index contributed by atoms with van der Waals surface area (Å²) in [5.74, 6) is 0.855. The van der Waals surface area contributed by atoms with Gasteiger partial charge in [0.15, 0.2) is 0 Å². The second-order valence-corrected chi connectivity index (χ2v) is 5.82. The number of rotatable bonds is 2. The van der Waals surface area contributed by atoms with Crippen molar-refractivity contribution in [1.82, 2.24) is 0 Å². The molecule has 1 aromatic rings. The molecular weight excluding hydrogens is 304 g/mol. The van der Waals surface area contributed by atoms with Crippen molar-refractivity contribution in [2.45, 2.75) is 75.2 Å². The van der Waals surface area contributed by atoms with Gasteiger partial charge in [-0.15, -0.1) is 6.58 Å². The first-order valence-electron chi connectivity index (χ1n) is 9.34. The number of allylic oxidation sites excluding steroid dienone is 3. The summed E-state index contributed by atoms with van der Waals surface area (Å²) in [4.78, 5) is 0. The van der Waals surface area contributed by atoms with E-state index in [0.29, 0.717) is 11.3 Å². The maximum atomic E-state index is 8.41. The number of aliphatic hydroxyl groups excluding tert-OH is 1. The minimum absolute atomic E-state index is 0.231. The van der Waals surface area contributed by atoms with Crippen LogP contribution in [0, 0.1) is 5.41 Å². The second-order valence-electron chi connectivity index (χ2n) is 5.82. The highest BCUT2D eigenvalue weighted by atomic mass is 16.3. The first-order valence-corrected chi connectivity index (χ1v) is 9.34. The maximum Gasteiger partial charge on any atom is 0.110 e. The van der Waals surface area contributed by atoms with Gasteiger partial charge in [-0.25, -0.2) is 0 Å². The summed E-state index contributed by atoms with van der Waals surface area (Å²) in [6.07, 6.45) is 4.72. The Morgan fingerprint density at radius 2 is 1.32 bits per heavy atom. The lowest BCUT2D eigenvalue weighted by atomic mass is 9.78. The highest BCUT2D eigenvalue weighted by Crippen LogP contribution is 2.33. The molecule has 0 radical (unpaired) electrons. The van der Waals surface area contributed by atoms with Crippen LogP contribution in [0.2, 0.25) is 0 Å². The number of hydrogen-bond acceptors (Lipinski definition) is 1. The second kappa shape index (κ2) is 22.2. The normalized spacial score (nSPS) is 10.6. The molecule has 25 heavy (non-hydrogen) atoms. The van der Waals surface area contributed by atoms with Crippen LogP contribution in [-0.2, 0) is 0 Å². The van der Waals surface area contributed by atoms with E-state index in [1.54, 1.807) is 19.1 Å². The fraction of sp³-hybridized carbons (Fsp3) is 0.500. The van der Waals surface area contributed by atoms with E-state index in [2.05, 4.69) is 71.2 Å². The lowest BCUT2D eigenvalue weighted by molar-refractivity contribution is 0.339. The molecule has 0 fully saturated rings. The zero-order chi connectivity index (χ0) is 20.9. The molecule has 0 aliphatic rings. The fourth-order valence-corrected chi connectivity index (χ4v) is 1.36. The van der Waals surface area contributed by atoms with E-state index in [-0.39, 0.29) is 5.76 Å². The average molecular weight is 349 g/mol. The topological polar surface area (TPSA) is 20.2 Å². The number of aliphatic hydroxyl groups is 1. The van der Waals surface area contributed by atoms with Gasteiger partial charge in [0.25, 0.3) is 0 Å². The molecule has 0 saturated carbocycles. The quantitative estimate of drug-likeness (QED) is 0.322. The van der Waals surface area contributed by atoms with Gasteiger partial charge in [0.1, 0.15) is 5.76 Å². The third-order valence-corrected chi connectivity index (χ3v) is 3.10. The number of hydrogen-bond donors (Lipinski definition) is 1. The van der Waals surface area contributed by atoms with E-state index >= 15 is 0 Å². The molecule has 146 valence electrons. The average Bonchev–Trinajstić information content (AvgIpc) is 2.65. The molecule has 0 aromatic heterocycles. The Bertz CT molecular complexity index is 407. The Balaban J connectivity index is -0.000000143. The monoisotopic (exact) mass is 348 g/mol. The standard InChI is InChI=1S/C12H18.C5H8O.C3H6.2C2H6/c1-10(12(2,3)4)11-8-6-5-7-9-11;1-3-5(6)4-2;1-3-2;2*1-2/h5-10H,1-4H3;3-4,6H,1H2,2H3;3H,1H2,2H3;2*1-2H3/b;5-4+;;;. The smallest absolute Gasteiger partial charge is 0.110 e. The molecule has 1 heteroatoms. The van der Waals surface area contributed by atoms with Crippen molar-refractivity contribution in [3.8, 4) is 0 Å². The Kier molecular flexibility index (Phi) is 27.6. The molecule has 0 aliphatic heterocycles. The van der Waals surface area contributed by atoms with Crippen LogP contribution in [0.15, 0.2) is 67.5 Å². The zero-order valence-corrected chi connectivity index (χ0v) is 18.6. The van der Waals surface area contributed by atoms with E-state index in [9.17, 15) is 0 Å². The lowest BCUT2D eigenvalue weighted by Crippen LogP contribution is -2.14. The van der Waals surface area contributed by atoms with Crippen molar-refractivity contribution in [2.75, 3.05) is 0 Å². The molecule has 1 unspecified atom stereocenters. The van der Waals surface area contributed by atoms with Crippen LogP contribution in [0.1, 0.15) is 80.7 Å². The highest BCUT2D eigenvalue weighted by molar-refractivity contribution is 5.20. The van der Waals surface area contributed by atoms with Crippen LogP contribution in [0.5, 0.6) is 0 Å². The molecule has 1 atom stereocenters. The molecular formula is C24H44O. The summed E-state index contributed by atoms with van der Waals surface area (Å²) < 4.78 is 0. The zero-order valence-electron chi connectivity index (χ0n) is 18.6. The minimum Gasteiger partial charge on any atom is -0.508 e. The van der Waals surface area contributed by atoms with Crippen molar-refractivity contribution in [3.63, 3.8) is 0 Å². The van der Waals surface area contributed by atoms with Crippen LogP contribution < -0.4 is 0 Å². The molecule has 0 heterocycles. The van der Waals surface area contributed by atoms with Gasteiger partial charge < -0.3 is 5.11 Å². The first kappa shape index (κ1) is 31.1. The summed E-state index contributed by atoms with van der Waals surface area (Å²) in [5, 5.41) is 8.41. The molecule has 0 amide bonds. The van der Waals surface area contributed by atoms with Crippen molar-refractivity contribution in [2.24, 2.45) is 5.41 Å². The van der Waals surface area contributed by atoms with Gasteiger partial charge >= 0.3 is 0 Å². The Morgan fingerprint density at radius 1 is 0.960 bits per heavy atom. The van der Waals surface area contributed by atoms with Crippen LogP contribution in [0.25, 0.3) is 0 Å². The number of benzene rings is 1. The predicted octanol–water partition coefficient (Wildman–Crippen LogP) is 8.72. The lowest BCUT2D eigenvalue weighted by Gasteiger charge is -2.27. The Morgan fingerprint density at radius 3 is 1.52 bits per heavy atom. The molecule has 0 spiro atoms. The first-order chi connectivity index (χ1) is 11.7. The summed E-state index contributed by atoms with van der Waals surface area (Å²) in [6.45, 7) is 27.4. The minimum atomic E-state index is 0.231. The van der Waals surface area contributed by atoms with E-state index in [1.807, 2.05) is 34.6 Å². The van der Waals surface area contributed by atoms with Gasteiger partial charge in [0.05, 0.1) is 0 Å². The van der Waals surface area contributed by atoms with E-state index < -0.39 is 0 Å². The Hall–Kier alpha value is -1.76. The third kappa shape index (κ3) is 22.2. The maximum absolute atomic E-state index is 8.41. The van der Waals surface area contributed by atoms with E-state index in [4.69, 9.17) is 5.11 Å². The van der Waals surface area contributed by atoms with Gasteiger partial charge in [-0.1, -0.05) is 98.4 Å². The van der Waals surface area contributed by atoms with Gasteiger partial charge in [-0.2, -0.15) is 0 Å². The van der Waals surface area contributed by atoms with Crippen LogP contribution in [0.4, 0.5) is 0 Å². The van der Waals surface area contributed by atoms with Gasteiger partial charge in [0.2, 0.25) is 0 Å². The van der Waals surface area contributed by atoms with Gasteiger partial charge in [-0.3, -0.25) is 0 Å². The molecule has 1 aromatic carbocycles. The predicted molar refractivity (Wildman–Crippen MR) is 119 cm³/mol. The van der Waals surface area contributed by atoms with Gasteiger partial charge in [-0.05, 0) is 42.9 Å². The molecule has 0 aliphatic carbocycles. The third-order valence-electron chi connectivity index (χ3n) is 3.10. The molecule has 0 saturated heterocycles. The van der Waals surface area contributed by atoms with Crippen LogP contribution >= 0.6 is 0 Å². The highest BCUT2D eigenvalue weighted by Gasteiger charge is 2.20. The van der Waals surface area contributed by atoms with E-state index in [1.165, 1.54) is 11.6 Å². The largest absolute Gasteiger partial charge is 0.508 e. The van der Waals surface area contributed by atoms with Crippen molar-refractivity contribution in [3.05, 3.63) is 73.0 Å². The fourth-order valence-electron chi connectivity index (χ4n) is 1.36. The van der Waals surface area contributed by atoms with Crippen molar-refractivity contribution >= 4 is 0 Å². The van der Waals surface area contributed by atoms with Crippen molar-refractivity contribution < 1.29 is 5.11 Å². The summed E-state index contributed by atoms with van der Waals surface area (Å²) in [7, 11) is 0. The van der Waals surface area contributed by atoms with E-state index in [0.717, 1.165) is 0 Å². The summed E-state index contributed by atoms with van der Waals surface area (Å²) in [6, 6.07) is 10.7. The molecule has 1 N–H and O–H groups in total. The van der Waals surface area contributed by atoms with Crippen molar-refractivity contribution in [1.29, 1.82) is 0 Å². The molecule has 1 nitrogen and oxygen atoms in total. The summed E-state index contributed by atoms with van der Waals surface area (Å²) in [5.41, 5.74) is 1.80. The van der Waals surface area contributed by atoms with Crippen LogP contribution in [0.3, 0.4) is 0 Å². The molecule has 0 bridgehead atoms. The van der Waals surface area contributed by atoms with Gasteiger partial charge in [0, 0.05) is 0 Å². The summed E-state index contributed by atoms with van der Waals surface area (Å²) >= 11 is 0.